The third kappa shape index (κ3) is 2.10. The predicted octanol–water partition coefficient (Wildman–Crippen LogP) is 2.84. The van der Waals surface area contributed by atoms with Gasteiger partial charge in [0.2, 0.25) is 0 Å². The van der Waals surface area contributed by atoms with Crippen molar-refractivity contribution in [3.05, 3.63) is 48.3 Å². The minimum absolute atomic E-state index is 0.435. The molecule has 0 N–H and O–H groups in total. The van der Waals surface area contributed by atoms with E-state index in [1.165, 1.54) is 5.39 Å². The molecule has 0 aliphatic heterocycles. The second kappa shape index (κ2) is 4.51. The van der Waals surface area contributed by atoms with Crippen molar-refractivity contribution in [2.45, 2.75) is 6.42 Å². The van der Waals surface area contributed by atoms with Crippen LogP contribution in [0.3, 0.4) is 0 Å². The predicted molar refractivity (Wildman–Crippen MR) is 61.5 cm³/mol. The van der Waals surface area contributed by atoms with Crippen LogP contribution in [0, 0.1) is 0 Å². The van der Waals surface area contributed by atoms with Gasteiger partial charge in [0.25, 0.3) is 0 Å². The van der Waals surface area contributed by atoms with Crippen LogP contribution < -0.4 is 0 Å². The van der Waals surface area contributed by atoms with Crippen LogP contribution in [0.15, 0.2) is 42.6 Å². The van der Waals surface area contributed by atoms with E-state index in [9.17, 15) is 4.79 Å². The Labute approximate surface area is 88.3 Å². The highest BCUT2D eigenvalue weighted by Gasteiger charge is 1.96. The molecule has 0 atom stereocenters. The highest BCUT2D eigenvalue weighted by molar-refractivity contribution is 5.88. The molecule has 0 unspecified atom stereocenters. The summed E-state index contributed by atoms with van der Waals surface area (Å²) in [4.78, 5) is 14.5. The fraction of sp³-hybridized carbons (Fsp3) is 0.0769. The van der Waals surface area contributed by atoms with Crippen LogP contribution in [0.2, 0.25) is 0 Å². The fourth-order valence-electron chi connectivity index (χ4n) is 1.51. The van der Waals surface area contributed by atoms with Crippen molar-refractivity contribution in [1.82, 2.24) is 4.98 Å². The van der Waals surface area contributed by atoms with Crippen LogP contribution >= 0.6 is 0 Å². The molecule has 2 rings (SSSR count). The first-order valence-electron chi connectivity index (χ1n) is 4.86. The zero-order chi connectivity index (χ0) is 10.5. The zero-order valence-corrected chi connectivity index (χ0v) is 8.26. The number of pyridine rings is 1. The number of carbonyl (C=O) groups excluding carboxylic acids is 1. The number of aldehydes is 1. The summed E-state index contributed by atoms with van der Waals surface area (Å²) in [6.07, 6.45) is 6.80. The maximum atomic E-state index is 10.2. The molecule has 0 saturated carbocycles. The minimum Gasteiger partial charge on any atom is -0.303 e. The molecule has 74 valence electrons. The van der Waals surface area contributed by atoms with Gasteiger partial charge in [-0.25, -0.2) is 0 Å². The molecule has 1 heterocycles. The van der Waals surface area contributed by atoms with Crippen molar-refractivity contribution in [2.75, 3.05) is 0 Å². The fourth-order valence-corrected chi connectivity index (χ4v) is 1.51. The Kier molecular flexibility index (Phi) is 2.88. The van der Waals surface area contributed by atoms with Crippen molar-refractivity contribution in [1.29, 1.82) is 0 Å². The van der Waals surface area contributed by atoms with Gasteiger partial charge in [-0.05, 0) is 17.5 Å². The largest absolute Gasteiger partial charge is 0.303 e. The van der Waals surface area contributed by atoms with Gasteiger partial charge in [-0.1, -0.05) is 30.3 Å². The lowest BCUT2D eigenvalue weighted by Gasteiger charge is -1.99. The van der Waals surface area contributed by atoms with Crippen LogP contribution in [0.25, 0.3) is 16.8 Å². The second-order valence-electron chi connectivity index (χ2n) is 3.22. The number of nitrogens with zero attached hydrogens (tertiary/aromatic N) is 1. The topological polar surface area (TPSA) is 30.0 Å². The summed E-state index contributed by atoms with van der Waals surface area (Å²) >= 11 is 0. The number of aromatic nitrogens is 1. The third-order valence-corrected chi connectivity index (χ3v) is 2.21. The van der Waals surface area contributed by atoms with E-state index < -0.39 is 0 Å². The van der Waals surface area contributed by atoms with E-state index >= 15 is 0 Å². The van der Waals surface area contributed by atoms with Gasteiger partial charge in [-0.3, -0.25) is 4.98 Å². The molecule has 0 saturated heterocycles. The van der Waals surface area contributed by atoms with Crippen LogP contribution in [-0.4, -0.2) is 11.3 Å². The normalized spacial score (nSPS) is 10.9. The Balaban J connectivity index is 2.46. The molecule has 15 heavy (non-hydrogen) atoms. The summed E-state index contributed by atoms with van der Waals surface area (Å²) in [7, 11) is 0. The van der Waals surface area contributed by atoms with Gasteiger partial charge in [0, 0.05) is 18.0 Å². The summed E-state index contributed by atoms with van der Waals surface area (Å²) < 4.78 is 0. The zero-order valence-electron chi connectivity index (χ0n) is 8.26. The quantitative estimate of drug-likeness (QED) is 0.708. The van der Waals surface area contributed by atoms with Gasteiger partial charge in [-0.2, -0.15) is 0 Å². The van der Waals surface area contributed by atoms with Gasteiger partial charge >= 0.3 is 0 Å². The lowest BCUT2D eigenvalue weighted by atomic mass is 10.1. The number of hydrogen-bond donors (Lipinski definition) is 0. The Hall–Kier alpha value is -1.96. The molecule has 1 aromatic carbocycles. The summed E-state index contributed by atoms with van der Waals surface area (Å²) in [5, 5.41) is 2.28. The molecule has 0 aliphatic carbocycles. The van der Waals surface area contributed by atoms with E-state index in [1.807, 2.05) is 42.5 Å². The molecule has 0 amide bonds. The molecule has 2 nitrogen and oxygen atoms in total. The van der Waals surface area contributed by atoms with Crippen LogP contribution in [0.5, 0.6) is 0 Å². The lowest BCUT2D eigenvalue weighted by molar-refractivity contribution is -0.107. The molecule has 0 radical (unpaired) electrons. The second-order valence-corrected chi connectivity index (χ2v) is 3.22. The van der Waals surface area contributed by atoms with Crippen molar-refractivity contribution in [3.63, 3.8) is 0 Å². The molecule has 2 heteroatoms. The third-order valence-electron chi connectivity index (χ3n) is 2.21. The summed E-state index contributed by atoms with van der Waals surface area (Å²) in [5.74, 6) is 0. The van der Waals surface area contributed by atoms with E-state index in [4.69, 9.17) is 0 Å². The maximum Gasteiger partial charge on any atom is 0.123 e. The monoisotopic (exact) mass is 197 g/mol. The van der Waals surface area contributed by atoms with Crippen LogP contribution in [0.1, 0.15) is 12.1 Å². The molecule has 0 spiro atoms. The van der Waals surface area contributed by atoms with Gasteiger partial charge < -0.3 is 4.79 Å². The van der Waals surface area contributed by atoms with Crippen molar-refractivity contribution in [3.8, 4) is 0 Å². The smallest absolute Gasteiger partial charge is 0.123 e. The molecule has 2 aromatic rings. The molecule has 0 aliphatic rings. The van der Waals surface area contributed by atoms with Gasteiger partial charge in [0.1, 0.15) is 6.29 Å². The van der Waals surface area contributed by atoms with Crippen molar-refractivity contribution < 1.29 is 4.79 Å². The van der Waals surface area contributed by atoms with Crippen molar-refractivity contribution in [2.24, 2.45) is 0 Å². The Morgan fingerprint density at radius 1 is 1.20 bits per heavy atom. The number of rotatable bonds is 3. The van der Waals surface area contributed by atoms with Crippen LogP contribution in [-0.2, 0) is 4.79 Å². The SMILES string of the molecule is O=CCC=Cc1nccc2ccccc12. The van der Waals surface area contributed by atoms with E-state index in [0.29, 0.717) is 6.42 Å². The molecule has 0 bridgehead atoms. The average Bonchev–Trinajstić information content (AvgIpc) is 2.30. The highest BCUT2D eigenvalue weighted by atomic mass is 16.1. The first kappa shape index (κ1) is 9.59. The minimum atomic E-state index is 0.435. The van der Waals surface area contributed by atoms with Gasteiger partial charge in [0.15, 0.2) is 0 Å². The Morgan fingerprint density at radius 3 is 2.93 bits per heavy atom. The number of carbonyl (C=O) groups is 1. The Bertz CT molecular complexity index is 497. The highest BCUT2D eigenvalue weighted by Crippen LogP contribution is 2.17. The number of allylic oxidation sites excluding steroid dienone is 1. The first-order chi connectivity index (χ1) is 7.42. The first-order valence-corrected chi connectivity index (χ1v) is 4.86. The Morgan fingerprint density at radius 2 is 2.07 bits per heavy atom. The van der Waals surface area contributed by atoms with E-state index in [1.54, 1.807) is 6.20 Å². The molecular formula is C13H11NO. The van der Waals surface area contributed by atoms with E-state index in [2.05, 4.69) is 4.98 Å². The number of hydrogen-bond acceptors (Lipinski definition) is 2. The lowest BCUT2D eigenvalue weighted by Crippen LogP contribution is -1.82. The van der Waals surface area contributed by atoms with E-state index in [0.717, 1.165) is 17.4 Å². The summed E-state index contributed by atoms with van der Waals surface area (Å²) in [6, 6.07) is 10.0. The molecule has 0 fully saturated rings. The van der Waals surface area contributed by atoms with Crippen LogP contribution in [0.4, 0.5) is 0 Å². The molecule has 1 aromatic heterocycles. The van der Waals surface area contributed by atoms with Gasteiger partial charge in [0.05, 0.1) is 5.69 Å². The summed E-state index contributed by atoms with van der Waals surface area (Å²) in [6.45, 7) is 0. The summed E-state index contributed by atoms with van der Waals surface area (Å²) in [5.41, 5.74) is 0.912. The van der Waals surface area contributed by atoms with E-state index in [-0.39, 0.29) is 0 Å². The number of fused-ring (bicyclic) bond motifs is 1. The number of benzene rings is 1. The standard InChI is InChI=1S/C13H11NO/c15-10-4-3-7-13-12-6-2-1-5-11(12)8-9-14-13/h1-3,5-10H,4H2. The van der Waals surface area contributed by atoms with Gasteiger partial charge in [-0.15, -0.1) is 0 Å². The maximum absolute atomic E-state index is 10.2. The molecular weight excluding hydrogens is 186 g/mol. The average molecular weight is 197 g/mol. The van der Waals surface area contributed by atoms with Crippen molar-refractivity contribution >= 4 is 23.1 Å².